The van der Waals surface area contributed by atoms with E-state index < -0.39 is 15.9 Å². The van der Waals surface area contributed by atoms with Gasteiger partial charge in [-0.15, -0.1) is 0 Å². The summed E-state index contributed by atoms with van der Waals surface area (Å²) in [6.45, 7) is 5.51. The lowest BCUT2D eigenvalue weighted by Crippen LogP contribution is -2.44. The van der Waals surface area contributed by atoms with E-state index in [0.717, 1.165) is 39.1 Å². The van der Waals surface area contributed by atoms with Crippen LogP contribution in [0.5, 0.6) is 0 Å². The normalized spacial score (nSPS) is 16.6. The number of carbonyl (C=O) groups excluding carboxylic acids is 1. The number of amides is 1. The van der Waals surface area contributed by atoms with Crippen LogP contribution < -0.4 is 15.4 Å². The predicted molar refractivity (Wildman–Crippen MR) is 81.2 cm³/mol. The van der Waals surface area contributed by atoms with Crippen molar-refractivity contribution in [2.75, 3.05) is 46.3 Å². The average molecular weight is 330 g/mol. The monoisotopic (exact) mass is 330 g/mol. The fraction of sp³-hybridized carbons (Fsp3) is 0.615. The first kappa shape index (κ1) is 16.9. The highest BCUT2D eigenvalue weighted by Gasteiger charge is 2.19. The number of nitrogens with zero attached hydrogens (tertiary/aromatic N) is 1. The van der Waals surface area contributed by atoms with E-state index in [2.05, 4.69) is 20.3 Å². The van der Waals surface area contributed by atoms with Gasteiger partial charge in [-0.05, 0) is 32.1 Å². The zero-order valence-electron chi connectivity index (χ0n) is 12.6. The summed E-state index contributed by atoms with van der Waals surface area (Å²) < 4.78 is 30.3. The Morgan fingerprint density at radius 2 is 2.09 bits per heavy atom. The van der Waals surface area contributed by atoms with E-state index in [1.54, 1.807) is 0 Å². The molecule has 0 bridgehead atoms. The van der Waals surface area contributed by atoms with E-state index in [4.69, 9.17) is 4.42 Å². The van der Waals surface area contributed by atoms with Crippen molar-refractivity contribution < 1.29 is 17.6 Å². The molecule has 0 radical (unpaired) electrons. The van der Waals surface area contributed by atoms with Crippen LogP contribution in [0.4, 0.5) is 0 Å². The summed E-state index contributed by atoms with van der Waals surface area (Å²) in [5.74, 6) is -0.408. The van der Waals surface area contributed by atoms with Crippen molar-refractivity contribution in [2.45, 2.75) is 11.5 Å². The highest BCUT2D eigenvalue weighted by atomic mass is 32.2. The number of hydrogen-bond donors (Lipinski definition) is 3. The molecule has 0 unspecified atom stereocenters. The molecule has 22 heavy (non-hydrogen) atoms. The van der Waals surface area contributed by atoms with Gasteiger partial charge in [0.15, 0.2) is 5.76 Å². The maximum Gasteiger partial charge on any atom is 0.287 e. The van der Waals surface area contributed by atoms with Crippen LogP contribution >= 0.6 is 0 Å². The molecule has 8 nitrogen and oxygen atoms in total. The second-order valence-corrected chi connectivity index (χ2v) is 6.84. The van der Waals surface area contributed by atoms with Gasteiger partial charge in [-0.3, -0.25) is 4.79 Å². The molecule has 124 valence electrons. The van der Waals surface area contributed by atoms with Crippen molar-refractivity contribution in [3.8, 4) is 0 Å². The van der Waals surface area contributed by atoms with Crippen LogP contribution in [0.2, 0.25) is 0 Å². The maximum absolute atomic E-state index is 11.9. The van der Waals surface area contributed by atoms with Gasteiger partial charge < -0.3 is 20.0 Å². The molecular formula is C13H22N4O4S. The van der Waals surface area contributed by atoms with E-state index in [-0.39, 0.29) is 10.9 Å². The van der Waals surface area contributed by atoms with Gasteiger partial charge in [0.05, 0.1) is 0 Å². The van der Waals surface area contributed by atoms with Crippen LogP contribution in [0.3, 0.4) is 0 Å². The lowest BCUT2D eigenvalue weighted by molar-refractivity contribution is 0.0918. The van der Waals surface area contributed by atoms with Crippen LogP contribution in [-0.4, -0.2) is 65.5 Å². The van der Waals surface area contributed by atoms with Gasteiger partial charge >= 0.3 is 0 Å². The van der Waals surface area contributed by atoms with Crippen LogP contribution in [0.1, 0.15) is 17.0 Å². The Kier molecular flexibility index (Phi) is 5.95. The molecule has 1 aliphatic heterocycles. The van der Waals surface area contributed by atoms with Crippen molar-refractivity contribution >= 4 is 15.9 Å². The molecular weight excluding hydrogens is 308 g/mol. The Hall–Kier alpha value is -1.42. The van der Waals surface area contributed by atoms with Gasteiger partial charge in [-0.25, -0.2) is 13.1 Å². The second-order valence-electron chi connectivity index (χ2n) is 5.03. The third-order valence-electron chi connectivity index (χ3n) is 3.49. The molecule has 2 rings (SSSR count). The molecule has 1 fully saturated rings. The van der Waals surface area contributed by atoms with Crippen molar-refractivity contribution in [3.63, 3.8) is 0 Å². The number of carbonyl (C=O) groups is 1. The number of piperazine rings is 1. The van der Waals surface area contributed by atoms with Crippen molar-refractivity contribution in [3.05, 3.63) is 17.9 Å². The molecule has 1 saturated heterocycles. The number of furan rings is 1. The average Bonchev–Trinajstić information content (AvgIpc) is 3.03. The first-order chi connectivity index (χ1) is 10.5. The fourth-order valence-corrected chi connectivity index (χ4v) is 2.86. The van der Waals surface area contributed by atoms with Gasteiger partial charge in [0.1, 0.15) is 0 Å². The third-order valence-corrected chi connectivity index (χ3v) is 4.77. The summed E-state index contributed by atoms with van der Waals surface area (Å²) >= 11 is 0. The molecule has 1 amide bonds. The van der Waals surface area contributed by atoms with E-state index in [0.29, 0.717) is 6.54 Å². The minimum atomic E-state index is -3.66. The maximum atomic E-state index is 11.9. The molecule has 3 N–H and O–H groups in total. The van der Waals surface area contributed by atoms with Gasteiger partial charge in [0.2, 0.25) is 5.09 Å². The molecule has 9 heteroatoms. The summed E-state index contributed by atoms with van der Waals surface area (Å²) in [7, 11) is -2.37. The molecule has 0 aromatic carbocycles. The first-order valence-electron chi connectivity index (χ1n) is 7.27. The summed E-state index contributed by atoms with van der Waals surface area (Å²) in [6.07, 6.45) is 0.841. The lowest BCUT2D eigenvalue weighted by Gasteiger charge is -2.26. The molecule has 0 saturated carbocycles. The zero-order chi connectivity index (χ0) is 16.0. The lowest BCUT2D eigenvalue weighted by atomic mass is 10.3. The number of sulfonamides is 1. The van der Waals surface area contributed by atoms with E-state index in [9.17, 15) is 13.2 Å². The fourth-order valence-electron chi connectivity index (χ4n) is 2.21. The zero-order valence-corrected chi connectivity index (χ0v) is 13.4. The minimum absolute atomic E-state index is 0.00371. The Labute approximate surface area is 130 Å². The Bertz CT molecular complexity index is 593. The largest absolute Gasteiger partial charge is 0.438 e. The third kappa shape index (κ3) is 4.54. The quantitative estimate of drug-likeness (QED) is 0.566. The van der Waals surface area contributed by atoms with Crippen LogP contribution in [-0.2, 0) is 10.0 Å². The minimum Gasteiger partial charge on any atom is -0.438 e. The van der Waals surface area contributed by atoms with Crippen molar-refractivity contribution in [1.82, 2.24) is 20.3 Å². The highest BCUT2D eigenvalue weighted by Crippen LogP contribution is 2.13. The first-order valence-corrected chi connectivity index (χ1v) is 8.76. The van der Waals surface area contributed by atoms with Crippen molar-refractivity contribution in [2.24, 2.45) is 0 Å². The van der Waals surface area contributed by atoms with Crippen LogP contribution in [0, 0.1) is 0 Å². The van der Waals surface area contributed by atoms with Crippen molar-refractivity contribution in [1.29, 1.82) is 0 Å². The van der Waals surface area contributed by atoms with Gasteiger partial charge in [0.25, 0.3) is 15.9 Å². The molecule has 0 atom stereocenters. The molecule has 0 spiro atoms. The Morgan fingerprint density at radius 3 is 2.77 bits per heavy atom. The predicted octanol–water partition coefficient (Wildman–Crippen LogP) is -0.787. The number of nitrogens with one attached hydrogen (secondary N) is 3. The molecule has 1 aliphatic rings. The highest BCUT2D eigenvalue weighted by molar-refractivity contribution is 7.89. The van der Waals surface area contributed by atoms with Gasteiger partial charge in [0, 0.05) is 32.7 Å². The van der Waals surface area contributed by atoms with Gasteiger partial charge in [-0.1, -0.05) is 0 Å². The topological polar surface area (TPSA) is 104 Å². The van der Waals surface area contributed by atoms with E-state index in [1.165, 1.54) is 19.2 Å². The Morgan fingerprint density at radius 1 is 1.36 bits per heavy atom. The second kappa shape index (κ2) is 7.73. The summed E-state index contributed by atoms with van der Waals surface area (Å²) in [4.78, 5) is 14.2. The Balaban J connectivity index is 1.75. The molecule has 0 aliphatic carbocycles. The summed E-state index contributed by atoms with van der Waals surface area (Å²) in [6, 6.07) is 2.62. The standard InChI is InChI=1S/C13H22N4O4S/c1-14-22(19,20)12-4-3-11(21-12)13(18)16-5-2-8-17-9-6-15-7-10-17/h3-4,14-15H,2,5-10H2,1H3,(H,16,18). The summed E-state index contributed by atoms with van der Waals surface area (Å²) in [5.41, 5.74) is 0. The molecule has 1 aromatic heterocycles. The van der Waals surface area contributed by atoms with Gasteiger partial charge in [-0.2, -0.15) is 0 Å². The smallest absolute Gasteiger partial charge is 0.287 e. The van der Waals surface area contributed by atoms with E-state index in [1.807, 2.05) is 0 Å². The van der Waals surface area contributed by atoms with Crippen LogP contribution in [0.15, 0.2) is 21.6 Å². The number of hydrogen-bond acceptors (Lipinski definition) is 6. The summed E-state index contributed by atoms with van der Waals surface area (Å²) in [5, 5.41) is 5.75. The van der Waals surface area contributed by atoms with Crippen LogP contribution in [0.25, 0.3) is 0 Å². The SMILES string of the molecule is CNS(=O)(=O)c1ccc(C(=O)NCCCN2CCNCC2)o1. The molecule has 1 aromatic rings. The van der Waals surface area contributed by atoms with E-state index >= 15 is 0 Å². The number of rotatable bonds is 7. The molecule has 2 heterocycles.